The highest BCUT2D eigenvalue weighted by Gasteiger charge is 2.26. The Bertz CT molecular complexity index is 1330. The summed E-state index contributed by atoms with van der Waals surface area (Å²) in [5, 5.41) is 36.9. The van der Waals surface area contributed by atoms with Crippen molar-refractivity contribution in [2.75, 3.05) is 5.32 Å². The molecule has 1 fully saturated rings. The molecule has 0 aromatic carbocycles. The number of hydrogen-bond donors (Lipinski definition) is 2. The second-order valence-electron chi connectivity index (χ2n) is 8.70. The molecule has 33 heavy (non-hydrogen) atoms. The number of fused-ring (bicyclic) bond motifs is 1. The lowest BCUT2D eigenvalue weighted by atomic mass is 9.93. The van der Waals surface area contributed by atoms with Crippen LogP contribution in [0.5, 0.6) is 0 Å². The van der Waals surface area contributed by atoms with Crippen LogP contribution in [0, 0.1) is 11.3 Å². The van der Waals surface area contributed by atoms with Gasteiger partial charge in [0.15, 0.2) is 11.5 Å². The number of aliphatic hydroxyl groups excluding tert-OH is 1. The lowest BCUT2D eigenvalue weighted by molar-refractivity contribution is 0.0685. The number of pyridine rings is 2. The molecule has 1 unspecified atom stereocenters. The molecule has 4 heterocycles. The van der Waals surface area contributed by atoms with Crippen molar-refractivity contribution in [1.82, 2.24) is 34.7 Å². The zero-order valence-corrected chi connectivity index (χ0v) is 18.5. The van der Waals surface area contributed by atoms with Gasteiger partial charge in [-0.2, -0.15) is 15.0 Å². The first-order chi connectivity index (χ1) is 16.0. The summed E-state index contributed by atoms with van der Waals surface area (Å²) in [6, 6.07) is 5.90. The number of anilines is 1. The highest BCUT2D eigenvalue weighted by atomic mass is 16.3. The summed E-state index contributed by atoms with van der Waals surface area (Å²) in [5.74, 6) is 0.601. The molecule has 168 valence electrons. The Balaban J connectivity index is 1.53. The van der Waals surface area contributed by atoms with Crippen molar-refractivity contribution in [3.05, 3.63) is 42.5 Å². The Hall–Kier alpha value is -3.84. The van der Waals surface area contributed by atoms with Crippen molar-refractivity contribution in [3.8, 4) is 23.1 Å². The average molecular weight is 444 g/mol. The van der Waals surface area contributed by atoms with Crippen LogP contribution in [0.4, 0.5) is 5.69 Å². The first-order valence-electron chi connectivity index (χ1n) is 11.1. The molecule has 10 nitrogen and oxygen atoms in total. The number of rotatable bonds is 5. The fourth-order valence-electron chi connectivity index (χ4n) is 4.31. The van der Waals surface area contributed by atoms with E-state index in [1.807, 2.05) is 12.3 Å². The lowest BCUT2D eigenvalue weighted by Crippen LogP contribution is -2.27. The topological polar surface area (TPSA) is 130 Å². The van der Waals surface area contributed by atoms with Crippen LogP contribution in [0.3, 0.4) is 0 Å². The highest BCUT2D eigenvalue weighted by molar-refractivity contribution is 5.79. The maximum atomic E-state index is 10.4. The van der Waals surface area contributed by atoms with E-state index >= 15 is 0 Å². The van der Waals surface area contributed by atoms with Gasteiger partial charge in [0.25, 0.3) is 0 Å². The van der Waals surface area contributed by atoms with Gasteiger partial charge in [-0.15, -0.1) is 5.10 Å². The Kier molecular flexibility index (Phi) is 5.48. The van der Waals surface area contributed by atoms with Crippen molar-refractivity contribution < 1.29 is 5.11 Å². The summed E-state index contributed by atoms with van der Waals surface area (Å²) >= 11 is 0. The Morgan fingerprint density at radius 1 is 1.15 bits per heavy atom. The van der Waals surface area contributed by atoms with E-state index in [0.717, 1.165) is 42.3 Å². The summed E-state index contributed by atoms with van der Waals surface area (Å²) in [4.78, 5) is 9.01. The normalized spacial score (nSPS) is 18.5. The monoisotopic (exact) mass is 443 g/mol. The summed E-state index contributed by atoms with van der Waals surface area (Å²) in [7, 11) is 0. The summed E-state index contributed by atoms with van der Waals surface area (Å²) in [6.07, 6.45) is 10.2. The maximum Gasteiger partial charge on any atom is 0.164 e. The van der Waals surface area contributed by atoms with Gasteiger partial charge in [-0.05, 0) is 32.8 Å². The fourth-order valence-corrected chi connectivity index (χ4v) is 4.31. The van der Waals surface area contributed by atoms with Crippen LogP contribution >= 0.6 is 0 Å². The van der Waals surface area contributed by atoms with Gasteiger partial charge in [0.2, 0.25) is 0 Å². The van der Waals surface area contributed by atoms with Crippen LogP contribution in [-0.2, 0) is 0 Å². The molecule has 2 N–H and O–H groups in total. The maximum absolute atomic E-state index is 10.4. The predicted octanol–water partition coefficient (Wildman–Crippen LogP) is 3.24. The molecule has 0 aliphatic heterocycles. The number of nitriles is 1. The fraction of sp³-hybridized carbons (Fsp3) is 0.391. The molecule has 0 amide bonds. The number of aliphatic hydroxyl groups is 1. The van der Waals surface area contributed by atoms with Crippen molar-refractivity contribution in [1.29, 1.82) is 5.26 Å². The van der Waals surface area contributed by atoms with E-state index in [-0.39, 0.29) is 12.1 Å². The molecule has 1 aliphatic rings. The first-order valence-corrected chi connectivity index (χ1v) is 11.1. The second kappa shape index (κ2) is 8.60. The van der Waals surface area contributed by atoms with Gasteiger partial charge < -0.3 is 10.4 Å². The molecule has 0 saturated heterocycles. The van der Waals surface area contributed by atoms with E-state index < -0.39 is 6.10 Å². The van der Waals surface area contributed by atoms with Gasteiger partial charge in [0.05, 0.1) is 30.1 Å². The minimum absolute atomic E-state index is 0.0476. The van der Waals surface area contributed by atoms with Gasteiger partial charge in [0, 0.05) is 41.1 Å². The molecule has 5 rings (SSSR count). The lowest BCUT2D eigenvalue weighted by Gasteiger charge is -2.27. The standard InChI is InChI=1S/C23H25N9O/c1-14(2)28-18-8-22(32-23-16(11-27-32)7-15(9-24)10-26-23)25-12-17(18)19-13-31(30-29-19)20-5-3-4-6-21(20)33/h7-8,10-14,20-21,33H,3-6H2,1-2H3,(H,25,28)/t20?,21-/m1/s1. The molecular formula is C23H25N9O. The number of aromatic nitrogens is 7. The minimum atomic E-state index is -0.399. The van der Waals surface area contributed by atoms with Crippen molar-refractivity contribution in [2.24, 2.45) is 0 Å². The third-order valence-corrected chi connectivity index (χ3v) is 5.91. The zero-order chi connectivity index (χ0) is 22.9. The SMILES string of the molecule is CC(C)Nc1cc(-n2ncc3cc(C#N)cnc32)ncc1-c1cn(C2CCCC[C@H]2O)nn1. The van der Waals surface area contributed by atoms with Crippen molar-refractivity contribution >= 4 is 16.7 Å². The minimum Gasteiger partial charge on any atom is -0.391 e. The van der Waals surface area contributed by atoms with Crippen molar-refractivity contribution in [2.45, 2.75) is 57.7 Å². The van der Waals surface area contributed by atoms with Crippen LogP contribution in [0.25, 0.3) is 28.1 Å². The van der Waals surface area contributed by atoms with E-state index in [9.17, 15) is 5.11 Å². The molecule has 0 spiro atoms. The molecule has 4 aromatic heterocycles. The number of nitrogens with one attached hydrogen (secondary N) is 1. The van der Waals surface area contributed by atoms with Gasteiger partial charge >= 0.3 is 0 Å². The van der Waals surface area contributed by atoms with E-state index in [0.29, 0.717) is 22.7 Å². The van der Waals surface area contributed by atoms with Crippen molar-refractivity contribution in [3.63, 3.8) is 0 Å². The molecule has 1 saturated carbocycles. The van der Waals surface area contributed by atoms with Crippen LogP contribution < -0.4 is 5.32 Å². The van der Waals surface area contributed by atoms with Gasteiger partial charge in [-0.3, -0.25) is 0 Å². The average Bonchev–Trinajstić information content (AvgIpc) is 3.46. The van der Waals surface area contributed by atoms with E-state index in [4.69, 9.17) is 5.26 Å². The third kappa shape index (κ3) is 4.03. The second-order valence-corrected chi connectivity index (χ2v) is 8.70. The molecular weight excluding hydrogens is 418 g/mol. The number of nitrogens with zero attached hydrogens (tertiary/aromatic N) is 8. The van der Waals surface area contributed by atoms with Crippen LogP contribution in [0.2, 0.25) is 0 Å². The van der Waals surface area contributed by atoms with Crippen LogP contribution in [0.1, 0.15) is 51.1 Å². The Morgan fingerprint density at radius 2 is 2.00 bits per heavy atom. The molecule has 10 heteroatoms. The van der Waals surface area contributed by atoms with Crippen LogP contribution in [0.15, 0.2) is 36.9 Å². The quantitative estimate of drug-likeness (QED) is 0.481. The molecule has 0 radical (unpaired) electrons. The first kappa shape index (κ1) is 21.0. The molecule has 4 aromatic rings. The summed E-state index contributed by atoms with van der Waals surface area (Å²) in [5.41, 5.74) is 3.47. The summed E-state index contributed by atoms with van der Waals surface area (Å²) in [6.45, 7) is 4.13. The van der Waals surface area contributed by atoms with E-state index in [1.54, 1.807) is 27.8 Å². The van der Waals surface area contributed by atoms with E-state index in [2.05, 4.69) is 50.6 Å². The van der Waals surface area contributed by atoms with E-state index in [1.165, 1.54) is 6.20 Å². The Morgan fingerprint density at radius 3 is 2.79 bits per heavy atom. The molecule has 2 atom stereocenters. The number of hydrogen-bond acceptors (Lipinski definition) is 8. The Labute approximate surface area is 190 Å². The third-order valence-electron chi connectivity index (χ3n) is 5.91. The molecule has 1 aliphatic carbocycles. The van der Waals surface area contributed by atoms with Gasteiger partial charge in [-0.1, -0.05) is 18.1 Å². The smallest absolute Gasteiger partial charge is 0.164 e. The van der Waals surface area contributed by atoms with Gasteiger partial charge in [-0.25, -0.2) is 14.6 Å². The summed E-state index contributed by atoms with van der Waals surface area (Å²) < 4.78 is 3.44. The van der Waals surface area contributed by atoms with Gasteiger partial charge in [0.1, 0.15) is 11.8 Å². The highest BCUT2D eigenvalue weighted by Crippen LogP contribution is 2.32. The zero-order valence-electron chi connectivity index (χ0n) is 18.5. The largest absolute Gasteiger partial charge is 0.391 e. The predicted molar refractivity (Wildman–Crippen MR) is 123 cm³/mol. The van der Waals surface area contributed by atoms with Crippen LogP contribution in [-0.4, -0.2) is 52.0 Å². The molecule has 0 bridgehead atoms.